The highest BCUT2D eigenvalue weighted by atomic mass is 35.5. The molecule has 4 rings (SSSR count). The second-order valence-electron chi connectivity index (χ2n) is 8.13. The molecule has 0 saturated heterocycles. The normalized spacial score (nSPS) is 10.7. The lowest BCUT2D eigenvalue weighted by Gasteiger charge is -2.22. The van der Waals surface area contributed by atoms with E-state index in [9.17, 15) is 18.4 Å². The number of nitrogens with one attached hydrogen (secondary N) is 2. The first kappa shape index (κ1) is 26.6. The van der Waals surface area contributed by atoms with Crippen molar-refractivity contribution in [3.05, 3.63) is 130 Å². The van der Waals surface area contributed by atoms with Gasteiger partial charge in [-0.05, 0) is 48.0 Å². The number of rotatable bonds is 9. The fraction of sp³-hybridized carbons (Fsp3) is 0.103. The molecule has 0 fully saturated rings. The van der Waals surface area contributed by atoms with Crippen LogP contribution in [0.15, 0.2) is 91.0 Å². The van der Waals surface area contributed by atoms with Crippen molar-refractivity contribution in [3.8, 4) is 11.5 Å². The summed E-state index contributed by atoms with van der Waals surface area (Å²) < 4.78 is 39.9. The highest BCUT2D eigenvalue weighted by Gasteiger charge is 2.23. The van der Waals surface area contributed by atoms with E-state index >= 15 is 0 Å². The number of benzene rings is 4. The van der Waals surface area contributed by atoms with Crippen LogP contribution in [0, 0.1) is 11.6 Å². The second kappa shape index (κ2) is 12.2. The number of amides is 2. The van der Waals surface area contributed by atoms with Crippen molar-refractivity contribution in [3.63, 3.8) is 0 Å². The summed E-state index contributed by atoms with van der Waals surface area (Å²) in [5.41, 5.74) is 0.663. The summed E-state index contributed by atoms with van der Waals surface area (Å²) in [6.45, 7) is 0.118. The van der Waals surface area contributed by atoms with Crippen LogP contribution in [-0.4, -0.2) is 18.9 Å². The zero-order valence-electron chi connectivity index (χ0n) is 20.2. The molecule has 0 unspecified atom stereocenters. The first-order chi connectivity index (χ1) is 18.4. The van der Waals surface area contributed by atoms with Crippen LogP contribution in [0.3, 0.4) is 0 Å². The molecule has 2 N–H and O–H groups in total. The summed E-state index contributed by atoms with van der Waals surface area (Å²) in [6, 6.07) is 22.8. The minimum Gasteiger partial charge on any atom is -0.493 e. The number of halogens is 3. The summed E-state index contributed by atoms with van der Waals surface area (Å²) in [4.78, 5) is 25.9. The Hall–Kier alpha value is -4.43. The molecule has 0 atom stereocenters. The Kier molecular flexibility index (Phi) is 8.55. The molecular weight excluding hydrogens is 514 g/mol. The van der Waals surface area contributed by atoms with Gasteiger partial charge in [-0.2, -0.15) is 0 Å². The van der Waals surface area contributed by atoms with Crippen molar-refractivity contribution < 1.29 is 27.8 Å². The highest BCUT2D eigenvalue weighted by Crippen LogP contribution is 2.31. The third-order valence-electron chi connectivity index (χ3n) is 5.65. The lowest BCUT2D eigenvalue weighted by atomic mass is 10.1. The molecule has 0 aromatic heterocycles. The standard InChI is InChI=1S/C29H23ClF2N2O4/c1-37-25-15-14-18(16-26(25)38-17-19-8-2-5-11-22(19)30)27(33-28(35)20-9-3-6-12-23(20)31)34-29(36)21-10-4-7-13-24(21)32/h2-16,27H,17H2,1H3,(H,33,35)(H,34,36). The summed E-state index contributed by atoms with van der Waals surface area (Å²) in [7, 11) is 1.47. The molecule has 0 aliphatic heterocycles. The molecule has 4 aromatic rings. The van der Waals surface area contributed by atoms with Crippen molar-refractivity contribution in [2.24, 2.45) is 0 Å². The molecule has 2 amide bonds. The minimum absolute atomic E-state index is 0.118. The molecule has 0 aliphatic rings. The van der Waals surface area contributed by atoms with E-state index in [2.05, 4.69) is 10.6 Å². The molecule has 0 aliphatic carbocycles. The van der Waals surface area contributed by atoms with Gasteiger partial charge < -0.3 is 20.1 Å². The van der Waals surface area contributed by atoms with E-state index in [1.165, 1.54) is 43.5 Å². The molecular formula is C29H23ClF2N2O4. The molecule has 0 heterocycles. The molecule has 0 spiro atoms. The fourth-order valence-electron chi connectivity index (χ4n) is 3.67. The molecule has 0 bridgehead atoms. The van der Waals surface area contributed by atoms with Crippen LogP contribution in [0.1, 0.15) is 38.0 Å². The van der Waals surface area contributed by atoms with E-state index in [-0.39, 0.29) is 17.7 Å². The van der Waals surface area contributed by atoms with Gasteiger partial charge in [0.2, 0.25) is 0 Å². The van der Waals surface area contributed by atoms with Gasteiger partial charge >= 0.3 is 0 Å². The van der Waals surface area contributed by atoms with E-state index in [1.807, 2.05) is 12.1 Å². The van der Waals surface area contributed by atoms with Crippen LogP contribution in [0.2, 0.25) is 5.02 Å². The monoisotopic (exact) mass is 536 g/mol. The SMILES string of the molecule is COc1ccc(C(NC(=O)c2ccccc2F)NC(=O)c2ccccc2F)cc1OCc1ccccc1Cl. The zero-order valence-corrected chi connectivity index (χ0v) is 21.0. The van der Waals surface area contributed by atoms with E-state index in [0.717, 1.165) is 17.7 Å². The Morgan fingerprint density at radius 2 is 1.34 bits per heavy atom. The van der Waals surface area contributed by atoms with Gasteiger partial charge in [0.25, 0.3) is 11.8 Å². The lowest BCUT2D eigenvalue weighted by Crippen LogP contribution is -2.41. The van der Waals surface area contributed by atoms with Gasteiger partial charge in [0.05, 0.1) is 18.2 Å². The van der Waals surface area contributed by atoms with Gasteiger partial charge in [0.15, 0.2) is 11.5 Å². The fourth-order valence-corrected chi connectivity index (χ4v) is 3.86. The number of hydrogen-bond acceptors (Lipinski definition) is 4. The maximum Gasteiger partial charge on any atom is 0.256 e. The van der Waals surface area contributed by atoms with Gasteiger partial charge in [-0.1, -0.05) is 60.1 Å². The second-order valence-corrected chi connectivity index (χ2v) is 8.54. The lowest BCUT2D eigenvalue weighted by molar-refractivity contribution is 0.0879. The molecule has 38 heavy (non-hydrogen) atoms. The topological polar surface area (TPSA) is 76.7 Å². The Bertz CT molecular complexity index is 1400. The summed E-state index contributed by atoms with van der Waals surface area (Å²) in [6.07, 6.45) is -1.18. The molecule has 0 radical (unpaired) electrons. The molecule has 4 aromatic carbocycles. The van der Waals surface area contributed by atoms with Crippen LogP contribution < -0.4 is 20.1 Å². The van der Waals surface area contributed by atoms with Gasteiger partial charge in [-0.25, -0.2) is 8.78 Å². The quantitative estimate of drug-likeness (QED) is 0.255. The van der Waals surface area contributed by atoms with Crippen LogP contribution >= 0.6 is 11.6 Å². The van der Waals surface area contributed by atoms with E-state index < -0.39 is 29.6 Å². The number of hydrogen-bond donors (Lipinski definition) is 2. The number of carbonyl (C=O) groups excluding carboxylic acids is 2. The highest BCUT2D eigenvalue weighted by molar-refractivity contribution is 6.31. The Morgan fingerprint density at radius 1 is 0.789 bits per heavy atom. The van der Waals surface area contributed by atoms with Crippen molar-refractivity contribution in [2.45, 2.75) is 12.8 Å². The molecule has 6 nitrogen and oxygen atoms in total. The average Bonchev–Trinajstić information content (AvgIpc) is 2.92. The Labute approximate surface area is 223 Å². The van der Waals surface area contributed by atoms with Gasteiger partial charge in [0.1, 0.15) is 24.4 Å². The first-order valence-corrected chi connectivity index (χ1v) is 11.9. The minimum atomic E-state index is -1.18. The van der Waals surface area contributed by atoms with Gasteiger partial charge in [-0.15, -0.1) is 0 Å². The number of methoxy groups -OCH3 is 1. The van der Waals surface area contributed by atoms with Crippen LogP contribution in [0.4, 0.5) is 8.78 Å². The predicted octanol–water partition coefficient (Wildman–Crippen LogP) is 6.06. The maximum absolute atomic E-state index is 14.3. The Balaban J connectivity index is 1.66. The molecule has 9 heteroatoms. The van der Waals surface area contributed by atoms with Crippen LogP contribution in [0.25, 0.3) is 0 Å². The summed E-state index contributed by atoms with van der Waals surface area (Å²) in [5.74, 6) is -2.34. The summed E-state index contributed by atoms with van der Waals surface area (Å²) in [5, 5.41) is 5.74. The number of ether oxygens (including phenoxy) is 2. The van der Waals surface area contributed by atoms with Crippen molar-refractivity contribution in [1.29, 1.82) is 0 Å². The van der Waals surface area contributed by atoms with E-state index in [0.29, 0.717) is 22.1 Å². The first-order valence-electron chi connectivity index (χ1n) is 11.5. The largest absolute Gasteiger partial charge is 0.493 e. The average molecular weight is 537 g/mol. The van der Waals surface area contributed by atoms with Gasteiger partial charge in [0, 0.05) is 10.6 Å². The third-order valence-corrected chi connectivity index (χ3v) is 6.02. The van der Waals surface area contributed by atoms with Crippen LogP contribution in [-0.2, 0) is 6.61 Å². The smallest absolute Gasteiger partial charge is 0.256 e. The zero-order chi connectivity index (χ0) is 27.1. The van der Waals surface area contributed by atoms with E-state index in [4.69, 9.17) is 21.1 Å². The van der Waals surface area contributed by atoms with Crippen molar-refractivity contribution >= 4 is 23.4 Å². The van der Waals surface area contributed by atoms with Crippen molar-refractivity contribution in [1.82, 2.24) is 10.6 Å². The van der Waals surface area contributed by atoms with Gasteiger partial charge in [-0.3, -0.25) is 9.59 Å². The summed E-state index contributed by atoms with van der Waals surface area (Å²) >= 11 is 6.23. The maximum atomic E-state index is 14.3. The molecule has 194 valence electrons. The van der Waals surface area contributed by atoms with Crippen molar-refractivity contribution in [2.75, 3.05) is 7.11 Å². The predicted molar refractivity (Wildman–Crippen MR) is 139 cm³/mol. The third kappa shape index (κ3) is 6.27. The van der Waals surface area contributed by atoms with E-state index in [1.54, 1.807) is 30.3 Å². The number of carbonyl (C=O) groups is 2. The van der Waals surface area contributed by atoms with Crippen LogP contribution in [0.5, 0.6) is 11.5 Å². The Morgan fingerprint density at radius 3 is 1.89 bits per heavy atom. The molecule has 0 saturated carbocycles.